The number of nitro benzene ring substituents is 2. The molecule has 0 aliphatic heterocycles. The molecule has 0 spiro atoms. The van der Waals surface area contributed by atoms with Gasteiger partial charge in [-0.05, 0) is 23.8 Å². The van der Waals surface area contributed by atoms with Gasteiger partial charge in [0, 0.05) is 23.8 Å². The Bertz CT molecular complexity index is 719. The molecule has 1 radical (unpaired) electrons. The van der Waals surface area contributed by atoms with Crippen LogP contribution in [-0.4, -0.2) is 9.85 Å². The molecule has 2 rings (SSSR count). The van der Waals surface area contributed by atoms with E-state index in [2.05, 4.69) is 6.07 Å². The zero-order chi connectivity index (χ0) is 14.9. The van der Waals surface area contributed by atoms with Crippen LogP contribution < -0.4 is 0 Å². The largest absolute Gasteiger partial charge is 0.289 e. The minimum atomic E-state index is -0.658. The summed E-state index contributed by atoms with van der Waals surface area (Å²) in [7, 11) is 0. The van der Waals surface area contributed by atoms with Gasteiger partial charge >= 0.3 is 0 Å². The molecule has 0 heterocycles. The van der Waals surface area contributed by atoms with Gasteiger partial charge in [0.1, 0.15) is 5.02 Å². The van der Waals surface area contributed by atoms with Crippen LogP contribution in [0.25, 0.3) is 11.1 Å². The molecule has 0 amide bonds. The van der Waals surface area contributed by atoms with E-state index in [1.165, 1.54) is 24.3 Å². The standard InChI is InChI=1S/C12H5Cl2N2O4/c13-10-6-12(16(19)20)11(14)5-9(10)7-2-1-3-8(4-7)15(17)18/h1,3-6H. The molecule has 0 atom stereocenters. The first-order chi connectivity index (χ1) is 9.40. The van der Waals surface area contributed by atoms with Crippen molar-refractivity contribution in [3.8, 4) is 11.1 Å². The maximum Gasteiger partial charge on any atom is 0.289 e. The Morgan fingerprint density at radius 1 is 1.00 bits per heavy atom. The first kappa shape index (κ1) is 14.2. The van der Waals surface area contributed by atoms with Crippen molar-refractivity contribution in [2.24, 2.45) is 0 Å². The van der Waals surface area contributed by atoms with Crippen LogP contribution >= 0.6 is 23.2 Å². The first-order valence-corrected chi connectivity index (χ1v) is 5.95. The summed E-state index contributed by atoms with van der Waals surface area (Å²) in [6.07, 6.45) is 0. The lowest BCUT2D eigenvalue weighted by Crippen LogP contribution is -1.92. The Kier molecular flexibility index (Phi) is 3.87. The highest BCUT2D eigenvalue weighted by Crippen LogP contribution is 2.37. The third-order valence-electron chi connectivity index (χ3n) is 2.52. The van der Waals surface area contributed by atoms with E-state index >= 15 is 0 Å². The molecule has 2 aromatic rings. The molecular weight excluding hydrogens is 307 g/mol. The van der Waals surface area contributed by atoms with Gasteiger partial charge in [-0.2, -0.15) is 0 Å². The van der Waals surface area contributed by atoms with Gasteiger partial charge in [-0.1, -0.05) is 23.2 Å². The highest BCUT2D eigenvalue weighted by Gasteiger charge is 2.18. The van der Waals surface area contributed by atoms with Gasteiger partial charge < -0.3 is 0 Å². The molecule has 0 aliphatic carbocycles. The summed E-state index contributed by atoms with van der Waals surface area (Å²) in [6, 6.07) is 9.10. The van der Waals surface area contributed by atoms with Crippen LogP contribution in [0.3, 0.4) is 0 Å². The number of nitrogens with zero attached hydrogens (tertiary/aromatic N) is 2. The molecule has 0 aromatic heterocycles. The van der Waals surface area contributed by atoms with Crippen molar-refractivity contribution in [1.29, 1.82) is 0 Å². The first-order valence-electron chi connectivity index (χ1n) is 5.20. The van der Waals surface area contributed by atoms with E-state index in [9.17, 15) is 20.2 Å². The number of rotatable bonds is 3. The Labute approximate surface area is 122 Å². The minimum absolute atomic E-state index is 0.0675. The van der Waals surface area contributed by atoms with Crippen LogP contribution in [0.1, 0.15) is 0 Å². The normalized spacial score (nSPS) is 10.3. The van der Waals surface area contributed by atoms with Crippen molar-refractivity contribution in [3.05, 3.63) is 66.7 Å². The maximum absolute atomic E-state index is 10.7. The number of non-ortho nitro benzene ring substituents is 1. The molecule has 0 N–H and O–H groups in total. The lowest BCUT2D eigenvalue weighted by atomic mass is 10.0. The van der Waals surface area contributed by atoms with Crippen LogP contribution in [0.15, 0.2) is 30.3 Å². The minimum Gasteiger partial charge on any atom is -0.258 e. The van der Waals surface area contributed by atoms with Gasteiger partial charge in [-0.3, -0.25) is 20.2 Å². The molecule has 6 nitrogen and oxygen atoms in total. The summed E-state index contributed by atoms with van der Waals surface area (Å²) in [5.74, 6) is 0. The molecule has 8 heteroatoms. The van der Waals surface area contributed by atoms with E-state index in [0.29, 0.717) is 11.1 Å². The fourth-order valence-electron chi connectivity index (χ4n) is 1.61. The Morgan fingerprint density at radius 3 is 2.30 bits per heavy atom. The molecule has 0 aliphatic rings. The summed E-state index contributed by atoms with van der Waals surface area (Å²) in [6.45, 7) is 0. The molecule has 20 heavy (non-hydrogen) atoms. The lowest BCUT2D eigenvalue weighted by molar-refractivity contribution is -0.384. The Morgan fingerprint density at radius 2 is 1.70 bits per heavy atom. The van der Waals surface area contributed by atoms with Gasteiger partial charge in [0.25, 0.3) is 11.4 Å². The van der Waals surface area contributed by atoms with E-state index in [0.717, 1.165) is 6.07 Å². The predicted octanol–water partition coefficient (Wildman–Crippen LogP) is 4.28. The third kappa shape index (κ3) is 2.71. The monoisotopic (exact) mass is 311 g/mol. The summed E-state index contributed by atoms with van der Waals surface area (Å²) in [5.41, 5.74) is 0.210. The van der Waals surface area contributed by atoms with E-state index < -0.39 is 9.85 Å². The quantitative estimate of drug-likeness (QED) is 0.625. The topological polar surface area (TPSA) is 86.3 Å². The van der Waals surface area contributed by atoms with Crippen LogP contribution in [0.5, 0.6) is 0 Å². The van der Waals surface area contributed by atoms with Crippen LogP contribution in [0, 0.1) is 26.3 Å². The zero-order valence-electron chi connectivity index (χ0n) is 9.67. The van der Waals surface area contributed by atoms with Crippen LogP contribution in [0.4, 0.5) is 11.4 Å². The summed E-state index contributed by atoms with van der Waals surface area (Å²) >= 11 is 11.8. The van der Waals surface area contributed by atoms with Crippen molar-refractivity contribution < 1.29 is 9.85 Å². The van der Waals surface area contributed by atoms with Gasteiger partial charge in [0.15, 0.2) is 0 Å². The lowest BCUT2D eigenvalue weighted by Gasteiger charge is -2.05. The summed E-state index contributed by atoms with van der Waals surface area (Å²) in [5, 5.41) is 21.4. The molecule has 2 aromatic carbocycles. The average molecular weight is 312 g/mol. The Hall–Kier alpha value is -2.18. The predicted molar refractivity (Wildman–Crippen MR) is 74.0 cm³/mol. The molecule has 0 saturated heterocycles. The smallest absolute Gasteiger partial charge is 0.258 e. The Balaban J connectivity index is 2.59. The van der Waals surface area contributed by atoms with Crippen LogP contribution in [-0.2, 0) is 0 Å². The van der Waals surface area contributed by atoms with Crippen LogP contribution in [0.2, 0.25) is 10.0 Å². The second-order valence-electron chi connectivity index (χ2n) is 3.76. The molecule has 0 fully saturated rings. The van der Waals surface area contributed by atoms with E-state index in [1.54, 1.807) is 0 Å². The van der Waals surface area contributed by atoms with Gasteiger partial charge in [-0.25, -0.2) is 0 Å². The fourth-order valence-corrected chi connectivity index (χ4v) is 2.10. The zero-order valence-corrected chi connectivity index (χ0v) is 11.2. The van der Waals surface area contributed by atoms with E-state index in [1.807, 2.05) is 0 Å². The SMILES string of the molecule is O=[N+]([O-])c1cc[c]c(-c2cc(Cl)c([N+](=O)[O-])cc2Cl)c1. The summed E-state index contributed by atoms with van der Waals surface area (Å²) in [4.78, 5) is 20.2. The third-order valence-corrected chi connectivity index (χ3v) is 3.13. The van der Waals surface area contributed by atoms with Gasteiger partial charge in [0.2, 0.25) is 0 Å². The summed E-state index contributed by atoms with van der Waals surface area (Å²) < 4.78 is 0. The maximum atomic E-state index is 10.7. The highest BCUT2D eigenvalue weighted by molar-refractivity contribution is 6.36. The molecule has 0 saturated carbocycles. The second-order valence-corrected chi connectivity index (χ2v) is 4.57. The number of hydrogen-bond acceptors (Lipinski definition) is 4. The second kappa shape index (κ2) is 5.44. The van der Waals surface area contributed by atoms with Crippen molar-refractivity contribution in [3.63, 3.8) is 0 Å². The van der Waals surface area contributed by atoms with Crippen molar-refractivity contribution in [2.45, 2.75) is 0 Å². The van der Waals surface area contributed by atoms with Crippen molar-refractivity contribution >= 4 is 34.6 Å². The molecule has 0 bridgehead atoms. The molecule has 101 valence electrons. The average Bonchev–Trinajstić information content (AvgIpc) is 2.40. The van der Waals surface area contributed by atoms with E-state index in [4.69, 9.17) is 23.2 Å². The number of halogens is 2. The fraction of sp³-hybridized carbons (Fsp3) is 0. The van der Waals surface area contributed by atoms with Gasteiger partial charge in [-0.15, -0.1) is 0 Å². The number of nitro groups is 2. The number of benzene rings is 2. The number of hydrogen-bond donors (Lipinski definition) is 0. The highest BCUT2D eigenvalue weighted by atomic mass is 35.5. The molecule has 0 unspecified atom stereocenters. The van der Waals surface area contributed by atoms with Gasteiger partial charge in [0.05, 0.1) is 14.9 Å². The van der Waals surface area contributed by atoms with E-state index in [-0.39, 0.29) is 21.4 Å². The van der Waals surface area contributed by atoms with Crippen molar-refractivity contribution in [2.75, 3.05) is 0 Å². The van der Waals surface area contributed by atoms with Crippen molar-refractivity contribution in [1.82, 2.24) is 0 Å². The molecular formula is C12H5Cl2N2O4.